The van der Waals surface area contributed by atoms with Crippen molar-refractivity contribution in [2.24, 2.45) is 0 Å². The SMILES string of the molecule is Cc1c(CCl)cc(CCl)c(CCl)c1C. The molecule has 0 nitrogen and oxygen atoms in total. The fraction of sp³-hybridized carbons (Fsp3) is 0.455. The number of hydrogen-bond acceptors (Lipinski definition) is 0. The molecule has 0 saturated heterocycles. The van der Waals surface area contributed by atoms with Crippen molar-refractivity contribution in [2.45, 2.75) is 31.5 Å². The lowest BCUT2D eigenvalue weighted by Gasteiger charge is -2.14. The average Bonchev–Trinajstić information content (AvgIpc) is 2.21. The quantitative estimate of drug-likeness (QED) is 0.693. The van der Waals surface area contributed by atoms with E-state index >= 15 is 0 Å². The maximum atomic E-state index is 5.89. The molecular weight excluding hydrogens is 238 g/mol. The van der Waals surface area contributed by atoms with Gasteiger partial charge in [0, 0.05) is 17.6 Å². The van der Waals surface area contributed by atoms with Crippen molar-refractivity contribution in [3.05, 3.63) is 33.9 Å². The third-order valence-electron chi connectivity index (χ3n) is 2.65. The maximum Gasteiger partial charge on any atom is 0.0479 e. The van der Waals surface area contributed by atoms with Gasteiger partial charge in [0.25, 0.3) is 0 Å². The molecule has 3 heteroatoms. The van der Waals surface area contributed by atoms with E-state index < -0.39 is 0 Å². The minimum Gasteiger partial charge on any atom is -0.122 e. The Hall–Kier alpha value is 0.0900. The first-order valence-electron chi connectivity index (χ1n) is 4.44. The molecule has 0 heterocycles. The predicted molar refractivity (Wildman–Crippen MR) is 64.6 cm³/mol. The zero-order valence-corrected chi connectivity index (χ0v) is 10.6. The summed E-state index contributed by atoms with van der Waals surface area (Å²) in [6.07, 6.45) is 0. The number of hydrogen-bond donors (Lipinski definition) is 0. The van der Waals surface area contributed by atoms with E-state index in [2.05, 4.69) is 19.9 Å². The van der Waals surface area contributed by atoms with Gasteiger partial charge in [-0.2, -0.15) is 0 Å². The summed E-state index contributed by atoms with van der Waals surface area (Å²) in [6, 6.07) is 2.06. The monoisotopic (exact) mass is 250 g/mol. The third kappa shape index (κ3) is 2.18. The largest absolute Gasteiger partial charge is 0.122 e. The van der Waals surface area contributed by atoms with E-state index in [1.54, 1.807) is 0 Å². The minimum absolute atomic E-state index is 0.493. The number of benzene rings is 1. The summed E-state index contributed by atoms with van der Waals surface area (Å²) in [5, 5.41) is 0. The van der Waals surface area contributed by atoms with Crippen LogP contribution in [0.1, 0.15) is 27.8 Å². The van der Waals surface area contributed by atoms with Gasteiger partial charge < -0.3 is 0 Å². The van der Waals surface area contributed by atoms with Gasteiger partial charge in [-0.15, -0.1) is 34.8 Å². The Balaban J connectivity index is 3.38. The molecular formula is C11H13Cl3. The van der Waals surface area contributed by atoms with Crippen LogP contribution in [0.15, 0.2) is 6.07 Å². The number of rotatable bonds is 3. The molecule has 0 unspecified atom stereocenters. The van der Waals surface area contributed by atoms with E-state index in [9.17, 15) is 0 Å². The summed E-state index contributed by atoms with van der Waals surface area (Å²) in [5.74, 6) is 1.53. The Morgan fingerprint density at radius 1 is 0.857 bits per heavy atom. The van der Waals surface area contributed by atoms with Gasteiger partial charge in [0.2, 0.25) is 0 Å². The smallest absolute Gasteiger partial charge is 0.0479 e. The number of halogens is 3. The van der Waals surface area contributed by atoms with E-state index in [0.29, 0.717) is 17.6 Å². The highest BCUT2D eigenvalue weighted by molar-refractivity contribution is 6.19. The molecule has 78 valence electrons. The van der Waals surface area contributed by atoms with Gasteiger partial charge in [-0.1, -0.05) is 6.07 Å². The standard InChI is InChI=1S/C11H13Cl3/c1-7-8(2)11(6-14)10(5-13)3-9(7)4-12/h3H,4-6H2,1-2H3. The van der Waals surface area contributed by atoms with Crippen molar-refractivity contribution in [2.75, 3.05) is 0 Å². The summed E-state index contributed by atoms with van der Waals surface area (Å²) >= 11 is 17.6. The first kappa shape index (κ1) is 12.2. The van der Waals surface area contributed by atoms with Crippen molar-refractivity contribution in [1.82, 2.24) is 0 Å². The summed E-state index contributed by atoms with van der Waals surface area (Å²) < 4.78 is 0. The highest BCUT2D eigenvalue weighted by atomic mass is 35.5. The Morgan fingerprint density at radius 2 is 1.43 bits per heavy atom. The van der Waals surface area contributed by atoms with Crippen LogP contribution in [0, 0.1) is 13.8 Å². The van der Waals surface area contributed by atoms with E-state index in [1.165, 1.54) is 11.1 Å². The fourth-order valence-electron chi connectivity index (χ4n) is 1.56. The Morgan fingerprint density at radius 3 is 1.86 bits per heavy atom. The van der Waals surface area contributed by atoms with Crippen LogP contribution >= 0.6 is 34.8 Å². The second-order valence-electron chi connectivity index (χ2n) is 3.32. The second kappa shape index (κ2) is 5.25. The van der Waals surface area contributed by atoms with Crippen LogP contribution in [0.5, 0.6) is 0 Å². The van der Waals surface area contributed by atoms with Crippen molar-refractivity contribution >= 4 is 34.8 Å². The summed E-state index contributed by atoms with van der Waals surface area (Å²) in [7, 11) is 0. The van der Waals surface area contributed by atoms with Crippen LogP contribution in [0.25, 0.3) is 0 Å². The van der Waals surface area contributed by atoms with Gasteiger partial charge >= 0.3 is 0 Å². The van der Waals surface area contributed by atoms with Gasteiger partial charge in [-0.3, -0.25) is 0 Å². The predicted octanol–water partition coefficient (Wildman–Crippen LogP) is 4.52. The first-order chi connectivity index (χ1) is 6.65. The van der Waals surface area contributed by atoms with E-state index in [1.807, 2.05) is 0 Å². The molecule has 0 fully saturated rings. The lowest BCUT2D eigenvalue weighted by Crippen LogP contribution is -1.99. The van der Waals surface area contributed by atoms with Crippen LogP contribution in [0.2, 0.25) is 0 Å². The Kier molecular flexibility index (Phi) is 4.56. The minimum atomic E-state index is 0.493. The zero-order chi connectivity index (χ0) is 10.7. The Labute approximate surface area is 100 Å². The molecule has 0 bridgehead atoms. The van der Waals surface area contributed by atoms with E-state index in [0.717, 1.165) is 16.7 Å². The highest BCUT2D eigenvalue weighted by Gasteiger charge is 2.10. The highest BCUT2D eigenvalue weighted by Crippen LogP contribution is 2.26. The molecule has 0 spiro atoms. The van der Waals surface area contributed by atoms with Crippen molar-refractivity contribution in [3.63, 3.8) is 0 Å². The molecule has 1 aromatic rings. The molecule has 0 atom stereocenters. The molecule has 0 aromatic heterocycles. The van der Waals surface area contributed by atoms with Gasteiger partial charge in [0.15, 0.2) is 0 Å². The molecule has 0 aliphatic carbocycles. The zero-order valence-electron chi connectivity index (χ0n) is 8.33. The van der Waals surface area contributed by atoms with Crippen LogP contribution < -0.4 is 0 Å². The van der Waals surface area contributed by atoms with Crippen LogP contribution in [0.3, 0.4) is 0 Å². The van der Waals surface area contributed by atoms with Gasteiger partial charge in [-0.25, -0.2) is 0 Å². The van der Waals surface area contributed by atoms with Crippen molar-refractivity contribution in [1.29, 1.82) is 0 Å². The average molecular weight is 252 g/mol. The fourth-order valence-corrected chi connectivity index (χ4v) is 2.45. The van der Waals surface area contributed by atoms with Gasteiger partial charge in [-0.05, 0) is 41.7 Å². The van der Waals surface area contributed by atoms with Crippen LogP contribution in [0.4, 0.5) is 0 Å². The van der Waals surface area contributed by atoms with Gasteiger partial charge in [0.1, 0.15) is 0 Å². The van der Waals surface area contributed by atoms with Gasteiger partial charge in [0.05, 0.1) is 0 Å². The van der Waals surface area contributed by atoms with E-state index in [-0.39, 0.29) is 0 Å². The Bertz CT molecular complexity index is 332. The molecule has 0 N–H and O–H groups in total. The molecule has 0 amide bonds. The number of alkyl halides is 3. The molecule has 1 rings (SSSR count). The molecule has 0 saturated carbocycles. The third-order valence-corrected chi connectivity index (χ3v) is 3.50. The summed E-state index contributed by atoms with van der Waals surface area (Å²) in [4.78, 5) is 0. The van der Waals surface area contributed by atoms with Crippen LogP contribution in [-0.2, 0) is 17.6 Å². The molecule has 0 radical (unpaired) electrons. The van der Waals surface area contributed by atoms with Crippen LogP contribution in [-0.4, -0.2) is 0 Å². The topological polar surface area (TPSA) is 0 Å². The second-order valence-corrected chi connectivity index (χ2v) is 4.13. The normalized spacial score (nSPS) is 10.6. The first-order valence-corrected chi connectivity index (χ1v) is 6.04. The maximum absolute atomic E-state index is 5.89. The summed E-state index contributed by atoms with van der Waals surface area (Å²) in [6.45, 7) is 4.14. The van der Waals surface area contributed by atoms with Crippen molar-refractivity contribution < 1.29 is 0 Å². The lowest BCUT2D eigenvalue weighted by molar-refractivity contribution is 1.13. The molecule has 0 aliphatic heterocycles. The van der Waals surface area contributed by atoms with E-state index in [4.69, 9.17) is 34.8 Å². The lowest BCUT2D eigenvalue weighted by atomic mass is 9.95. The molecule has 14 heavy (non-hydrogen) atoms. The van der Waals surface area contributed by atoms with Crippen molar-refractivity contribution in [3.8, 4) is 0 Å². The molecule has 0 aliphatic rings. The summed E-state index contributed by atoms with van der Waals surface area (Å²) in [5.41, 5.74) is 5.83. The molecule has 1 aromatic carbocycles.